The number of benzene rings is 2. The molecule has 11 heteroatoms. The fourth-order valence-electron chi connectivity index (χ4n) is 3.26. The first-order valence-corrected chi connectivity index (χ1v) is 11.5. The van der Waals surface area contributed by atoms with Crippen LogP contribution in [0.4, 0.5) is 14.5 Å². The molecule has 2 amide bonds. The molecule has 8 nitrogen and oxygen atoms in total. The number of amides is 2. The smallest absolute Gasteiger partial charge is 0.254 e. The average Bonchev–Trinajstić information content (AvgIpc) is 3.29. The predicted molar refractivity (Wildman–Crippen MR) is 113 cm³/mol. The minimum Gasteiger partial charge on any atom is -0.492 e. The van der Waals surface area contributed by atoms with Crippen molar-refractivity contribution in [1.82, 2.24) is 9.62 Å². The Morgan fingerprint density at radius 2 is 1.81 bits per heavy atom. The van der Waals surface area contributed by atoms with Crippen LogP contribution in [0, 0.1) is 11.6 Å². The molecule has 0 atom stereocenters. The number of ether oxygens (including phenoxy) is 1. The highest BCUT2D eigenvalue weighted by Gasteiger charge is 2.30. The van der Waals surface area contributed by atoms with Crippen LogP contribution in [0.25, 0.3) is 0 Å². The number of halogens is 2. The maximum absolute atomic E-state index is 13.7. The second kappa shape index (κ2) is 10.0. The maximum atomic E-state index is 13.7. The van der Waals surface area contributed by atoms with Gasteiger partial charge in [0.2, 0.25) is 15.9 Å². The molecule has 1 aliphatic rings. The Morgan fingerprint density at radius 3 is 2.47 bits per heavy atom. The molecule has 172 valence electrons. The fraction of sp³-hybridized carbons (Fsp3) is 0.333. The first kappa shape index (κ1) is 23.6. The second-order valence-corrected chi connectivity index (χ2v) is 8.97. The van der Waals surface area contributed by atoms with Crippen LogP contribution in [-0.2, 0) is 14.8 Å². The molecule has 32 heavy (non-hydrogen) atoms. The third kappa shape index (κ3) is 5.40. The summed E-state index contributed by atoms with van der Waals surface area (Å²) in [5, 5.41) is 4.73. The van der Waals surface area contributed by atoms with Crippen molar-refractivity contribution in [2.24, 2.45) is 0 Å². The molecule has 2 N–H and O–H groups in total. The number of hydrogen-bond donors (Lipinski definition) is 2. The summed E-state index contributed by atoms with van der Waals surface area (Å²) in [6.45, 7) is 2.32. The van der Waals surface area contributed by atoms with Crippen molar-refractivity contribution in [3.8, 4) is 5.75 Å². The molecule has 1 heterocycles. The van der Waals surface area contributed by atoms with Crippen molar-refractivity contribution in [2.75, 3.05) is 31.6 Å². The normalized spacial score (nSPS) is 14.2. The molecule has 0 aliphatic carbocycles. The van der Waals surface area contributed by atoms with Crippen LogP contribution in [0.1, 0.15) is 30.1 Å². The van der Waals surface area contributed by atoms with Crippen molar-refractivity contribution in [3.63, 3.8) is 0 Å². The van der Waals surface area contributed by atoms with Gasteiger partial charge in [-0.25, -0.2) is 17.2 Å². The van der Waals surface area contributed by atoms with Gasteiger partial charge in [-0.15, -0.1) is 0 Å². The van der Waals surface area contributed by atoms with Gasteiger partial charge in [0, 0.05) is 24.8 Å². The molecule has 0 saturated carbocycles. The number of sulfonamides is 1. The number of anilines is 1. The zero-order chi connectivity index (χ0) is 23.3. The van der Waals surface area contributed by atoms with Crippen LogP contribution >= 0.6 is 0 Å². The monoisotopic (exact) mass is 467 g/mol. The largest absolute Gasteiger partial charge is 0.492 e. The van der Waals surface area contributed by atoms with Gasteiger partial charge >= 0.3 is 0 Å². The zero-order valence-corrected chi connectivity index (χ0v) is 18.2. The van der Waals surface area contributed by atoms with Crippen molar-refractivity contribution < 1.29 is 31.5 Å². The van der Waals surface area contributed by atoms with Gasteiger partial charge in [0.25, 0.3) is 5.91 Å². The fourth-order valence-corrected chi connectivity index (χ4v) is 4.94. The maximum Gasteiger partial charge on any atom is 0.254 e. The summed E-state index contributed by atoms with van der Waals surface area (Å²) >= 11 is 0. The van der Waals surface area contributed by atoms with E-state index in [0.717, 1.165) is 25.0 Å². The van der Waals surface area contributed by atoms with Crippen LogP contribution in [0.3, 0.4) is 0 Å². The standard InChI is InChI=1S/C21H23F2N3O5S/c1-2-31-18-8-6-15(12-19(18)32(29,30)26-9-3-4-10-26)25-20(27)13-24-21(28)16-7-5-14(22)11-17(16)23/h5-8,11-12H,2-4,9-10,13H2,1H3,(H,24,28)(H,25,27). The van der Waals surface area contributed by atoms with Crippen LogP contribution in [0.15, 0.2) is 41.3 Å². The molecule has 0 unspecified atom stereocenters. The van der Waals surface area contributed by atoms with Crippen LogP contribution in [0.5, 0.6) is 5.75 Å². The summed E-state index contributed by atoms with van der Waals surface area (Å²) in [6.07, 6.45) is 1.54. The first-order valence-electron chi connectivity index (χ1n) is 10.0. The topological polar surface area (TPSA) is 105 Å². The van der Waals surface area contributed by atoms with Crippen molar-refractivity contribution in [3.05, 3.63) is 53.6 Å². The van der Waals surface area contributed by atoms with E-state index < -0.39 is 45.6 Å². The van der Waals surface area contributed by atoms with Gasteiger partial charge in [0.1, 0.15) is 22.3 Å². The molecule has 2 aromatic carbocycles. The summed E-state index contributed by atoms with van der Waals surface area (Å²) in [6, 6.07) is 6.71. The van der Waals surface area contributed by atoms with E-state index in [4.69, 9.17) is 4.74 Å². The number of nitrogens with zero attached hydrogens (tertiary/aromatic N) is 1. The first-order chi connectivity index (χ1) is 15.2. The van der Waals surface area contributed by atoms with Crippen molar-refractivity contribution >= 4 is 27.5 Å². The molecule has 0 radical (unpaired) electrons. The highest BCUT2D eigenvalue weighted by atomic mass is 32.2. The van der Waals surface area contributed by atoms with E-state index in [1.807, 2.05) is 0 Å². The summed E-state index contributed by atoms with van der Waals surface area (Å²) in [5.41, 5.74) is -0.210. The minimum absolute atomic E-state index is 0.0588. The Bertz CT molecular complexity index is 1120. The van der Waals surface area contributed by atoms with Gasteiger partial charge < -0.3 is 15.4 Å². The summed E-state index contributed by atoms with van der Waals surface area (Å²) in [4.78, 5) is 24.2. The Kier molecular flexibility index (Phi) is 7.41. The number of hydrogen-bond acceptors (Lipinski definition) is 5. The molecule has 1 saturated heterocycles. The molecule has 0 spiro atoms. The lowest BCUT2D eigenvalue weighted by Crippen LogP contribution is -2.33. The van der Waals surface area contributed by atoms with Crippen LogP contribution in [-0.4, -0.2) is 50.8 Å². The van der Waals surface area contributed by atoms with Gasteiger partial charge in [0.05, 0.1) is 18.7 Å². The van der Waals surface area contributed by atoms with E-state index in [9.17, 15) is 26.8 Å². The predicted octanol–water partition coefficient (Wildman–Crippen LogP) is 2.52. The number of carbonyl (C=O) groups is 2. The molecule has 0 bridgehead atoms. The van der Waals surface area contributed by atoms with Crippen LogP contribution in [0.2, 0.25) is 0 Å². The third-order valence-electron chi connectivity index (χ3n) is 4.80. The van der Waals surface area contributed by atoms with Gasteiger partial charge in [0.15, 0.2) is 0 Å². The Labute approximate surface area is 184 Å². The average molecular weight is 467 g/mol. The van der Waals surface area contributed by atoms with Gasteiger partial charge in [-0.1, -0.05) is 0 Å². The lowest BCUT2D eigenvalue weighted by molar-refractivity contribution is -0.115. The van der Waals surface area contributed by atoms with Gasteiger partial charge in [-0.05, 0) is 50.1 Å². The summed E-state index contributed by atoms with van der Waals surface area (Å²) < 4.78 is 59.5. The van der Waals surface area contributed by atoms with Crippen molar-refractivity contribution in [1.29, 1.82) is 0 Å². The molecule has 1 fully saturated rings. The van der Waals surface area contributed by atoms with Crippen LogP contribution < -0.4 is 15.4 Å². The van der Waals surface area contributed by atoms with Gasteiger partial charge in [-0.3, -0.25) is 9.59 Å². The van der Waals surface area contributed by atoms with E-state index in [2.05, 4.69) is 10.6 Å². The second-order valence-electron chi connectivity index (χ2n) is 7.06. The van der Waals surface area contributed by atoms with E-state index >= 15 is 0 Å². The number of nitrogens with one attached hydrogen (secondary N) is 2. The van der Waals surface area contributed by atoms with Crippen molar-refractivity contribution in [2.45, 2.75) is 24.7 Å². The SMILES string of the molecule is CCOc1ccc(NC(=O)CNC(=O)c2ccc(F)cc2F)cc1S(=O)(=O)N1CCCC1. The Hall–Kier alpha value is -3.05. The summed E-state index contributed by atoms with van der Waals surface area (Å²) in [5.74, 6) is -3.24. The van der Waals surface area contributed by atoms with E-state index in [1.54, 1.807) is 6.92 Å². The quantitative estimate of drug-likeness (QED) is 0.621. The molecule has 1 aliphatic heterocycles. The minimum atomic E-state index is -3.80. The Balaban J connectivity index is 1.71. The third-order valence-corrected chi connectivity index (χ3v) is 6.72. The molecule has 0 aromatic heterocycles. The lowest BCUT2D eigenvalue weighted by Gasteiger charge is -2.19. The lowest BCUT2D eigenvalue weighted by atomic mass is 10.2. The number of rotatable bonds is 8. The molecular weight excluding hydrogens is 444 g/mol. The molecule has 3 rings (SSSR count). The molecule has 2 aromatic rings. The van der Waals surface area contributed by atoms with E-state index in [0.29, 0.717) is 19.2 Å². The Morgan fingerprint density at radius 1 is 1.09 bits per heavy atom. The molecular formula is C21H23F2N3O5S. The summed E-state index contributed by atoms with van der Waals surface area (Å²) in [7, 11) is -3.80. The van der Waals surface area contributed by atoms with E-state index in [-0.39, 0.29) is 22.9 Å². The highest BCUT2D eigenvalue weighted by Crippen LogP contribution is 2.31. The number of carbonyl (C=O) groups excluding carboxylic acids is 2. The van der Waals surface area contributed by atoms with Gasteiger partial charge in [-0.2, -0.15) is 4.31 Å². The highest BCUT2D eigenvalue weighted by molar-refractivity contribution is 7.89. The van der Waals surface area contributed by atoms with E-state index in [1.165, 1.54) is 22.5 Å². The zero-order valence-electron chi connectivity index (χ0n) is 17.4.